The van der Waals surface area contributed by atoms with Crippen molar-refractivity contribution in [2.75, 3.05) is 0 Å². The fourth-order valence-corrected chi connectivity index (χ4v) is 2.32. The van der Waals surface area contributed by atoms with Crippen LogP contribution in [0.25, 0.3) is 0 Å². The number of hydrogen-bond acceptors (Lipinski definition) is 7. The highest BCUT2D eigenvalue weighted by Gasteiger charge is 2.46. The molecule has 0 bridgehead atoms. The molecular weight excluding hydrogens is 342 g/mol. The molecule has 0 unspecified atom stereocenters. The van der Waals surface area contributed by atoms with Crippen molar-refractivity contribution < 1.29 is 33.4 Å². The minimum atomic E-state index is -1.21. The molecule has 8 heteroatoms. The summed E-state index contributed by atoms with van der Waals surface area (Å²) in [5, 5.41) is 0. The van der Waals surface area contributed by atoms with Crippen LogP contribution in [-0.4, -0.2) is 40.7 Å². The third-order valence-electron chi connectivity index (χ3n) is 3.41. The largest absolute Gasteiger partial charge is 0.460 e. The van der Waals surface area contributed by atoms with E-state index in [9.17, 15) is 19.2 Å². The van der Waals surface area contributed by atoms with E-state index < -0.39 is 35.8 Å². The predicted octanol–water partition coefficient (Wildman–Crippen LogP) is 2.79. The lowest BCUT2D eigenvalue weighted by Crippen LogP contribution is -2.41. The molecule has 0 N–H and O–H groups in total. The second-order valence-electron chi connectivity index (χ2n) is 6.74. The van der Waals surface area contributed by atoms with Gasteiger partial charge in [0.15, 0.2) is 0 Å². The molecule has 0 radical (unpaired) electrons. The van der Waals surface area contributed by atoms with Crippen molar-refractivity contribution in [2.24, 2.45) is 0 Å². The van der Waals surface area contributed by atoms with Gasteiger partial charge in [-0.1, -0.05) is 30.3 Å². The Labute approximate surface area is 151 Å². The first-order chi connectivity index (χ1) is 12.2. The summed E-state index contributed by atoms with van der Waals surface area (Å²) in [6, 6.07) is 7.66. The van der Waals surface area contributed by atoms with Crippen molar-refractivity contribution in [3.63, 3.8) is 0 Å². The lowest BCUT2D eigenvalue weighted by Gasteiger charge is -2.21. The number of nitrogens with zero attached hydrogens (tertiary/aromatic N) is 1. The van der Waals surface area contributed by atoms with E-state index in [2.05, 4.69) is 4.74 Å². The van der Waals surface area contributed by atoms with Gasteiger partial charge >= 0.3 is 24.1 Å². The average Bonchev–Trinajstić information content (AvgIpc) is 2.83. The topological polar surface area (TPSA) is 99.2 Å². The highest BCUT2D eigenvalue weighted by atomic mass is 16.6. The average molecular weight is 363 g/mol. The number of imide groups is 1. The van der Waals surface area contributed by atoms with Gasteiger partial charge in [0.05, 0.1) is 0 Å². The maximum Gasteiger partial charge on any atom is 0.427 e. The molecule has 0 aliphatic carbocycles. The first kappa shape index (κ1) is 19.4. The van der Waals surface area contributed by atoms with Crippen molar-refractivity contribution >= 4 is 24.1 Å². The van der Waals surface area contributed by atoms with Crippen LogP contribution in [0.1, 0.15) is 39.2 Å². The molecule has 0 spiro atoms. The molecule has 1 aliphatic rings. The fraction of sp³-hybridized carbons (Fsp3) is 0.444. The fourth-order valence-electron chi connectivity index (χ4n) is 2.32. The van der Waals surface area contributed by atoms with E-state index >= 15 is 0 Å². The molecule has 1 aliphatic heterocycles. The Balaban J connectivity index is 1.96. The first-order valence-corrected chi connectivity index (χ1v) is 8.15. The highest BCUT2D eigenvalue weighted by Crippen LogP contribution is 2.21. The highest BCUT2D eigenvalue weighted by molar-refractivity contribution is 6.03. The van der Waals surface area contributed by atoms with Crippen LogP contribution < -0.4 is 0 Å². The van der Waals surface area contributed by atoms with Crippen LogP contribution in [0.2, 0.25) is 0 Å². The predicted molar refractivity (Wildman–Crippen MR) is 88.8 cm³/mol. The summed E-state index contributed by atoms with van der Waals surface area (Å²) in [7, 11) is 0. The number of rotatable bonds is 5. The molecule has 2 amide bonds. The van der Waals surface area contributed by atoms with E-state index in [-0.39, 0.29) is 19.4 Å². The van der Waals surface area contributed by atoms with Crippen molar-refractivity contribution in [3.05, 3.63) is 35.9 Å². The van der Waals surface area contributed by atoms with E-state index in [1.54, 1.807) is 45.0 Å². The van der Waals surface area contributed by atoms with Crippen molar-refractivity contribution in [1.82, 2.24) is 4.90 Å². The summed E-state index contributed by atoms with van der Waals surface area (Å²) in [5.41, 5.74) is 0.0576. The van der Waals surface area contributed by atoms with Crippen molar-refractivity contribution in [1.29, 1.82) is 0 Å². The maximum atomic E-state index is 12.2. The van der Waals surface area contributed by atoms with Gasteiger partial charge in [-0.05, 0) is 32.8 Å². The number of esters is 2. The lowest BCUT2D eigenvalue weighted by molar-refractivity contribution is -0.155. The van der Waals surface area contributed by atoms with Crippen LogP contribution in [0.5, 0.6) is 0 Å². The molecule has 1 aromatic rings. The van der Waals surface area contributed by atoms with E-state index in [4.69, 9.17) is 9.47 Å². The zero-order valence-corrected chi connectivity index (χ0v) is 14.9. The van der Waals surface area contributed by atoms with Crippen LogP contribution in [-0.2, 0) is 30.4 Å². The minimum absolute atomic E-state index is 0.0591. The zero-order chi connectivity index (χ0) is 19.3. The van der Waals surface area contributed by atoms with Gasteiger partial charge in [-0.15, -0.1) is 0 Å². The number of ether oxygens (including phenoxy) is 3. The van der Waals surface area contributed by atoms with Gasteiger partial charge in [0.1, 0.15) is 18.2 Å². The molecule has 26 heavy (non-hydrogen) atoms. The van der Waals surface area contributed by atoms with Crippen molar-refractivity contribution in [2.45, 2.75) is 51.9 Å². The molecule has 1 atom stereocenters. The van der Waals surface area contributed by atoms with E-state index in [0.717, 1.165) is 5.56 Å². The van der Waals surface area contributed by atoms with E-state index in [1.807, 2.05) is 6.07 Å². The number of hydrogen-bond donors (Lipinski definition) is 0. The van der Waals surface area contributed by atoms with Gasteiger partial charge in [0.25, 0.3) is 0 Å². The second kappa shape index (κ2) is 7.99. The Morgan fingerprint density at radius 1 is 1.15 bits per heavy atom. The zero-order valence-electron chi connectivity index (χ0n) is 14.9. The van der Waals surface area contributed by atoms with Gasteiger partial charge in [0, 0.05) is 6.42 Å². The van der Waals surface area contributed by atoms with Gasteiger partial charge in [0.2, 0.25) is 0 Å². The second-order valence-corrected chi connectivity index (χ2v) is 6.74. The number of carbonyl (C=O) groups is 4. The molecular formula is C18H21NO7. The summed E-state index contributed by atoms with van der Waals surface area (Å²) < 4.78 is 14.7. The summed E-state index contributed by atoms with van der Waals surface area (Å²) in [5.74, 6) is -1.43. The Morgan fingerprint density at radius 3 is 2.42 bits per heavy atom. The van der Waals surface area contributed by atoms with Crippen LogP contribution in [0.15, 0.2) is 30.3 Å². The Bertz CT molecular complexity index is 693. The molecule has 0 aromatic heterocycles. The number of carbonyl (C=O) groups excluding carboxylic acids is 4. The smallest absolute Gasteiger partial charge is 0.427 e. The molecule has 1 saturated heterocycles. The molecule has 0 saturated carbocycles. The normalized spacial score (nSPS) is 17.0. The van der Waals surface area contributed by atoms with Crippen LogP contribution in [0, 0.1) is 0 Å². The third kappa shape index (κ3) is 5.30. The van der Waals surface area contributed by atoms with Crippen molar-refractivity contribution in [3.8, 4) is 0 Å². The van der Waals surface area contributed by atoms with E-state index in [1.165, 1.54) is 0 Å². The lowest BCUT2D eigenvalue weighted by atomic mass is 10.1. The molecule has 1 heterocycles. The number of benzene rings is 1. The summed E-state index contributed by atoms with van der Waals surface area (Å²) in [6.45, 7) is 5.08. The van der Waals surface area contributed by atoms with Gasteiger partial charge in [-0.25, -0.2) is 14.4 Å². The molecule has 1 aromatic carbocycles. The molecule has 2 rings (SSSR count). The number of amides is 2. The maximum absolute atomic E-state index is 12.2. The quantitative estimate of drug-likeness (QED) is 0.450. The Hall–Kier alpha value is -2.90. The Morgan fingerprint density at radius 2 is 1.81 bits per heavy atom. The van der Waals surface area contributed by atoms with Gasteiger partial charge in [-0.3, -0.25) is 4.79 Å². The van der Waals surface area contributed by atoms with E-state index in [0.29, 0.717) is 4.90 Å². The van der Waals surface area contributed by atoms with Crippen LogP contribution in [0.4, 0.5) is 9.59 Å². The first-order valence-electron chi connectivity index (χ1n) is 8.15. The third-order valence-corrected chi connectivity index (χ3v) is 3.41. The summed E-state index contributed by atoms with van der Waals surface area (Å²) in [6.07, 6.45) is -2.35. The number of cyclic esters (lactones) is 2. The summed E-state index contributed by atoms with van der Waals surface area (Å²) in [4.78, 5) is 48.2. The minimum Gasteiger partial charge on any atom is -0.460 e. The summed E-state index contributed by atoms with van der Waals surface area (Å²) >= 11 is 0. The SMILES string of the molecule is CC(C)(C)OC(=O)CC[C@H]1C(=O)OC(=O)N1C(=O)OCc1ccccc1. The van der Waals surface area contributed by atoms with Gasteiger partial charge < -0.3 is 14.2 Å². The molecule has 140 valence electrons. The molecule has 8 nitrogen and oxygen atoms in total. The van der Waals surface area contributed by atoms with Crippen LogP contribution >= 0.6 is 0 Å². The standard InChI is InChI=1S/C18H21NO7/c1-18(2,3)26-14(20)10-9-13-15(21)25-17(23)19(13)16(22)24-11-12-7-5-4-6-8-12/h4-8,13H,9-11H2,1-3H3/t13-/m0/s1. The Kier molecular flexibility index (Phi) is 5.97. The van der Waals surface area contributed by atoms with Gasteiger partial charge in [-0.2, -0.15) is 4.90 Å². The van der Waals surface area contributed by atoms with Crippen LogP contribution in [0.3, 0.4) is 0 Å². The molecule has 1 fully saturated rings. The monoisotopic (exact) mass is 363 g/mol.